The zero-order valence-corrected chi connectivity index (χ0v) is 15.5. The van der Waals surface area contributed by atoms with Crippen molar-refractivity contribution in [2.75, 3.05) is 27.2 Å². The first kappa shape index (κ1) is 21.0. The number of hydrogen-bond donors (Lipinski definition) is 2. The summed E-state index contributed by atoms with van der Waals surface area (Å²) >= 11 is 0. The van der Waals surface area contributed by atoms with Gasteiger partial charge >= 0.3 is 0 Å². The van der Waals surface area contributed by atoms with E-state index in [-0.39, 0.29) is 18.3 Å². The average Bonchev–Trinajstić information content (AvgIpc) is 2.60. The van der Waals surface area contributed by atoms with Crippen LogP contribution in [0.2, 0.25) is 0 Å². The number of ether oxygens (including phenoxy) is 1. The Labute approximate surface area is 155 Å². The summed E-state index contributed by atoms with van der Waals surface area (Å²) in [6.07, 6.45) is 0. The lowest BCUT2D eigenvalue weighted by molar-refractivity contribution is 0.0950. The summed E-state index contributed by atoms with van der Waals surface area (Å²) < 4.78 is 5.81. The van der Waals surface area contributed by atoms with Gasteiger partial charge in [0.15, 0.2) is 0 Å². The van der Waals surface area contributed by atoms with Crippen LogP contribution in [0.15, 0.2) is 48.5 Å². The van der Waals surface area contributed by atoms with E-state index in [1.165, 1.54) is 0 Å². The summed E-state index contributed by atoms with van der Waals surface area (Å²) in [5.41, 5.74) is 8.16. The number of benzene rings is 2. The Balaban J connectivity index is 0.00000312. The Bertz CT molecular complexity index is 660. The van der Waals surface area contributed by atoms with Crippen molar-refractivity contribution in [3.63, 3.8) is 0 Å². The van der Waals surface area contributed by atoms with Crippen LogP contribution >= 0.6 is 12.4 Å². The number of rotatable bonds is 8. The van der Waals surface area contributed by atoms with Gasteiger partial charge in [0.25, 0.3) is 5.91 Å². The summed E-state index contributed by atoms with van der Waals surface area (Å²) in [7, 11) is 4.01. The molecule has 3 N–H and O–H groups in total. The molecule has 0 fully saturated rings. The smallest absolute Gasteiger partial charge is 0.251 e. The van der Waals surface area contributed by atoms with E-state index in [2.05, 4.69) is 10.2 Å². The van der Waals surface area contributed by atoms with E-state index in [4.69, 9.17) is 10.5 Å². The normalized spacial score (nSPS) is 10.2. The van der Waals surface area contributed by atoms with E-state index >= 15 is 0 Å². The van der Waals surface area contributed by atoms with Crippen LogP contribution < -0.4 is 15.8 Å². The largest absolute Gasteiger partial charge is 0.492 e. The molecule has 0 radical (unpaired) electrons. The van der Waals surface area contributed by atoms with Gasteiger partial charge in [-0.3, -0.25) is 4.79 Å². The molecular weight excluding hydrogens is 338 g/mol. The molecule has 0 atom stereocenters. The predicted molar refractivity (Wildman–Crippen MR) is 103 cm³/mol. The van der Waals surface area contributed by atoms with Gasteiger partial charge in [-0.1, -0.05) is 30.3 Å². The zero-order chi connectivity index (χ0) is 17.4. The van der Waals surface area contributed by atoms with Gasteiger partial charge < -0.3 is 20.7 Å². The number of nitrogens with one attached hydrogen (secondary N) is 1. The van der Waals surface area contributed by atoms with E-state index in [9.17, 15) is 4.79 Å². The van der Waals surface area contributed by atoms with Crippen LogP contribution in [-0.2, 0) is 13.1 Å². The van der Waals surface area contributed by atoms with Gasteiger partial charge in [0.2, 0.25) is 0 Å². The van der Waals surface area contributed by atoms with Crippen LogP contribution in [0.3, 0.4) is 0 Å². The van der Waals surface area contributed by atoms with Gasteiger partial charge in [-0.05, 0) is 37.9 Å². The third kappa shape index (κ3) is 6.74. The molecule has 0 saturated heterocycles. The van der Waals surface area contributed by atoms with Crippen molar-refractivity contribution in [3.05, 3.63) is 65.2 Å². The first-order valence-electron chi connectivity index (χ1n) is 8.03. The van der Waals surface area contributed by atoms with Crippen molar-refractivity contribution in [1.82, 2.24) is 10.2 Å². The minimum absolute atomic E-state index is 0. The molecule has 0 saturated carbocycles. The lowest BCUT2D eigenvalue weighted by Gasteiger charge is -2.14. The maximum Gasteiger partial charge on any atom is 0.251 e. The Morgan fingerprint density at radius 1 is 1.12 bits per heavy atom. The predicted octanol–water partition coefficient (Wildman–Crippen LogP) is 2.44. The molecule has 6 heteroatoms. The number of carbonyl (C=O) groups excluding carboxylic acids is 1. The molecule has 0 bridgehead atoms. The van der Waals surface area contributed by atoms with E-state index in [1.54, 1.807) is 12.1 Å². The van der Waals surface area contributed by atoms with E-state index in [0.717, 1.165) is 23.4 Å². The molecule has 0 heterocycles. The number of halogens is 1. The SMILES string of the molecule is CN(C)CCOc1ccccc1CNC(=O)c1ccc(CN)cc1.Cl. The molecule has 0 aliphatic heterocycles. The summed E-state index contributed by atoms with van der Waals surface area (Å²) in [6, 6.07) is 15.1. The molecule has 25 heavy (non-hydrogen) atoms. The number of hydrogen-bond acceptors (Lipinski definition) is 4. The average molecular weight is 364 g/mol. The van der Waals surface area contributed by atoms with Crippen LogP contribution in [0, 0.1) is 0 Å². The lowest BCUT2D eigenvalue weighted by Crippen LogP contribution is -2.24. The minimum Gasteiger partial charge on any atom is -0.492 e. The summed E-state index contributed by atoms with van der Waals surface area (Å²) in [4.78, 5) is 14.3. The fourth-order valence-corrected chi connectivity index (χ4v) is 2.20. The zero-order valence-electron chi connectivity index (χ0n) is 14.7. The molecule has 0 aromatic heterocycles. The third-order valence-electron chi connectivity index (χ3n) is 3.66. The van der Waals surface area contributed by atoms with Gasteiger partial charge in [-0.25, -0.2) is 0 Å². The van der Waals surface area contributed by atoms with Crippen molar-refractivity contribution in [3.8, 4) is 5.75 Å². The highest BCUT2D eigenvalue weighted by Gasteiger charge is 2.08. The molecule has 1 amide bonds. The summed E-state index contributed by atoms with van der Waals surface area (Å²) in [5, 5.41) is 2.93. The van der Waals surface area contributed by atoms with Gasteiger partial charge in [0, 0.05) is 30.8 Å². The molecule has 0 spiro atoms. The fraction of sp³-hybridized carbons (Fsp3) is 0.316. The second kappa shape index (κ2) is 10.7. The Morgan fingerprint density at radius 3 is 2.44 bits per heavy atom. The second-order valence-corrected chi connectivity index (χ2v) is 5.84. The third-order valence-corrected chi connectivity index (χ3v) is 3.66. The summed E-state index contributed by atoms with van der Waals surface area (Å²) in [6.45, 7) is 2.35. The monoisotopic (exact) mass is 363 g/mol. The van der Waals surface area contributed by atoms with E-state index in [0.29, 0.717) is 25.3 Å². The van der Waals surface area contributed by atoms with Crippen LogP contribution in [0.5, 0.6) is 5.75 Å². The number of nitrogens with zero attached hydrogens (tertiary/aromatic N) is 1. The second-order valence-electron chi connectivity index (χ2n) is 5.84. The van der Waals surface area contributed by atoms with Crippen LogP contribution in [0.1, 0.15) is 21.5 Å². The van der Waals surface area contributed by atoms with Gasteiger partial charge in [0.05, 0.1) is 0 Å². The van der Waals surface area contributed by atoms with Gasteiger partial charge in [0.1, 0.15) is 12.4 Å². The molecule has 2 aromatic carbocycles. The molecule has 2 aromatic rings. The highest BCUT2D eigenvalue weighted by molar-refractivity contribution is 5.94. The van der Waals surface area contributed by atoms with Crippen LogP contribution in [-0.4, -0.2) is 38.1 Å². The number of likely N-dealkylation sites (N-methyl/N-ethyl adjacent to an activating group) is 1. The first-order chi connectivity index (χ1) is 11.6. The van der Waals surface area contributed by atoms with Crippen LogP contribution in [0.25, 0.3) is 0 Å². The molecule has 2 rings (SSSR count). The number of carbonyl (C=O) groups is 1. The highest BCUT2D eigenvalue weighted by atomic mass is 35.5. The standard InChI is InChI=1S/C19H25N3O2.ClH/c1-22(2)11-12-24-18-6-4-3-5-17(18)14-21-19(23)16-9-7-15(13-20)8-10-16;/h3-10H,11-14,20H2,1-2H3,(H,21,23);1H. The van der Waals surface area contributed by atoms with Crippen molar-refractivity contribution in [1.29, 1.82) is 0 Å². The minimum atomic E-state index is -0.110. The van der Waals surface area contributed by atoms with E-state index in [1.807, 2.05) is 50.5 Å². The number of para-hydroxylation sites is 1. The quantitative estimate of drug-likeness (QED) is 0.756. The lowest BCUT2D eigenvalue weighted by atomic mass is 10.1. The van der Waals surface area contributed by atoms with Crippen molar-refractivity contribution in [2.45, 2.75) is 13.1 Å². The molecule has 136 valence electrons. The maximum atomic E-state index is 12.2. The maximum absolute atomic E-state index is 12.2. The van der Waals surface area contributed by atoms with Crippen molar-refractivity contribution in [2.24, 2.45) is 5.73 Å². The highest BCUT2D eigenvalue weighted by Crippen LogP contribution is 2.18. The molecule has 0 unspecified atom stereocenters. The Hall–Kier alpha value is -2.08. The molecule has 0 aliphatic carbocycles. The number of nitrogens with two attached hydrogens (primary N) is 1. The van der Waals surface area contributed by atoms with E-state index < -0.39 is 0 Å². The van der Waals surface area contributed by atoms with Crippen molar-refractivity contribution >= 4 is 18.3 Å². The topological polar surface area (TPSA) is 67.6 Å². The van der Waals surface area contributed by atoms with Gasteiger partial charge in [-0.15, -0.1) is 12.4 Å². The Morgan fingerprint density at radius 2 is 1.80 bits per heavy atom. The summed E-state index contributed by atoms with van der Waals surface area (Å²) in [5.74, 6) is 0.694. The first-order valence-corrected chi connectivity index (χ1v) is 8.03. The number of amides is 1. The molecular formula is C19H26ClN3O2. The molecule has 5 nitrogen and oxygen atoms in total. The molecule has 0 aliphatic rings. The Kier molecular flexibility index (Phi) is 8.99. The van der Waals surface area contributed by atoms with Gasteiger partial charge in [-0.2, -0.15) is 0 Å². The van der Waals surface area contributed by atoms with Crippen LogP contribution in [0.4, 0.5) is 0 Å². The fourth-order valence-electron chi connectivity index (χ4n) is 2.20. The van der Waals surface area contributed by atoms with Crippen molar-refractivity contribution < 1.29 is 9.53 Å².